The summed E-state index contributed by atoms with van der Waals surface area (Å²) in [5.74, 6) is 0.0922. The topological polar surface area (TPSA) is 81.7 Å². The molecule has 1 N–H and O–H groups in total. The molecular formula is C19H21NO5S. The van der Waals surface area contributed by atoms with Gasteiger partial charge in [-0.2, -0.15) is 0 Å². The van der Waals surface area contributed by atoms with E-state index in [1.54, 1.807) is 30.5 Å². The summed E-state index contributed by atoms with van der Waals surface area (Å²) in [5, 5.41) is 2.62. The molecule has 0 saturated heterocycles. The van der Waals surface area contributed by atoms with E-state index in [0.29, 0.717) is 24.5 Å². The van der Waals surface area contributed by atoms with Gasteiger partial charge < -0.3 is 14.8 Å². The second-order valence-corrected chi connectivity index (χ2v) is 6.94. The Morgan fingerprint density at radius 1 is 1.08 bits per heavy atom. The molecule has 2 aromatic carbocycles. The van der Waals surface area contributed by atoms with Gasteiger partial charge in [0.25, 0.3) is 5.91 Å². The minimum Gasteiger partial charge on any atom is -0.492 e. The van der Waals surface area contributed by atoms with Gasteiger partial charge in [0, 0.05) is 22.8 Å². The molecule has 0 aliphatic rings. The van der Waals surface area contributed by atoms with Crippen molar-refractivity contribution < 1.29 is 23.3 Å². The number of benzene rings is 2. The molecule has 0 heterocycles. The zero-order valence-corrected chi connectivity index (χ0v) is 15.3. The van der Waals surface area contributed by atoms with Gasteiger partial charge in [0.1, 0.15) is 12.4 Å². The van der Waals surface area contributed by atoms with Crippen LogP contribution < -0.4 is 10.1 Å². The van der Waals surface area contributed by atoms with Crippen molar-refractivity contribution in [2.75, 3.05) is 26.0 Å². The first-order valence-corrected chi connectivity index (χ1v) is 9.78. The Bertz CT molecular complexity index is 764. The molecule has 0 spiro atoms. The van der Waals surface area contributed by atoms with Crippen molar-refractivity contribution in [2.45, 2.75) is 5.75 Å². The van der Waals surface area contributed by atoms with E-state index in [4.69, 9.17) is 9.47 Å². The van der Waals surface area contributed by atoms with Crippen molar-refractivity contribution in [2.24, 2.45) is 0 Å². The number of nitrogens with one attached hydrogen (secondary N) is 1. The Kier molecular flexibility index (Phi) is 7.82. The van der Waals surface area contributed by atoms with Crippen molar-refractivity contribution in [3.63, 3.8) is 0 Å². The van der Waals surface area contributed by atoms with E-state index in [-0.39, 0.29) is 6.61 Å². The molecule has 1 atom stereocenters. The van der Waals surface area contributed by atoms with Crippen LogP contribution in [-0.4, -0.2) is 42.1 Å². The first kappa shape index (κ1) is 19.7. The molecule has 0 aliphatic heterocycles. The van der Waals surface area contributed by atoms with Crippen molar-refractivity contribution in [3.8, 4) is 5.75 Å². The number of carbonyl (C=O) groups excluding carboxylic acids is 2. The van der Waals surface area contributed by atoms with Crippen LogP contribution in [-0.2, 0) is 26.1 Å². The number of carbonyl (C=O) groups is 2. The molecular weight excluding hydrogens is 354 g/mol. The Balaban J connectivity index is 1.69. The summed E-state index contributed by atoms with van der Waals surface area (Å²) in [7, 11) is -0.996. The fourth-order valence-corrected chi connectivity index (χ4v) is 2.81. The first-order chi connectivity index (χ1) is 12.5. The maximum Gasteiger partial charge on any atom is 0.338 e. The van der Waals surface area contributed by atoms with Crippen molar-refractivity contribution in [3.05, 3.63) is 65.7 Å². The van der Waals surface area contributed by atoms with Crippen LogP contribution in [0.25, 0.3) is 0 Å². The maximum atomic E-state index is 12.0. The van der Waals surface area contributed by atoms with Gasteiger partial charge in [-0.25, -0.2) is 4.79 Å². The van der Waals surface area contributed by atoms with Gasteiger partial charge in [0.2, 0.25) is 0 Å². The second-order valence-electron chi connectivity index (χ2n) is 5.51. The van der Waals surface area contributed by atoms with Crippen molar-refractivity contribution in [1.82, 2.24) is 5.32 Å². The molecule has 1 amide bonds. The van der Waals surface area contributed by atoms with Crippen LogP contribution in [0.3, 0.4) is 0 Å². The third kappa shape index (κ3) is 7.06. The summed E-state index contributed by atoms with van der Waals surface area (Å²) < 4.78 is 21.7. The van der Waals surface area contributed by atoms with Gasteiger partial charge >= 0.3 is 5.97 Å². The maximum absolute atomic E-state index is 12.0. The number of amides is 1. The SMILES string of the molecule is CS(=O)Cc1cccc(C(=O)OCC(=O)NCCOc2ccccc2)c1. The van der Waals surface area contributed by atoms with Gasteiger partial charge in [0.05, 0.1) is 12.1 Å². The fourth-order valence-electron chi connectivity index (χ4n) is 2.16. The highest BCUT2D eigenvalue weighted by atomic mass is 32.2. The zero-order chi connectivity index (χ0) is 18.8. The van der Waals surface area contributed by atoms with Gasteiger partial charge in [-0.1, -0.05) is 30.3 Å². The molecule has 7 heteroatoms. The molecule has 0 radical (unpaired) electrons. The highest BCUT2D eigenvalue weighted by molar-refractivity contribution is 7.83. The van der Waals surface area contributed by atoms with E-state index in [2.05, 4.69) is 5.32 Å². The molecule has 6 nitrogen and oxygen atoms in total. The number of rotatable bonds is 9. The van der Waals surface area contributed by atoms with Crippen LogP contribution in [0.5, 0.6) is 5.75 Å². The van der Waals surface area contributed by atoms with E-state index >= 15 is 0 Å². The second kappa shape index (κ2) is 10.4. The highest BCUT2D eigenvalue weighted by Crippen LogP contribution is 2.09. The smallest absolute Gasteiger partial charge is 0.338 e. The predicted octanol–water partition coefficient (Wildman–Crippen LogP) is 1.92. The van der Waals surface area contributed by atoms with Crippen LogP contribution in [0.15, 0.2) is 54.6 Å². The monoisotopic (exact) mass is 375 g/mol. The fraction of sp³-hybridized carbons (Fsp3) is 0.263. The largest absolute Gasteiger partial charge is 0.492 e. The minimum absolute atomic E-state index is 0.309. The van der Waals surface area contributed by atoms with Crippen molar-refractivity contribution in [1.29, 1.82) is 0 Å². The quantitative estimate of drug-likeness (QED) is 0.535. The Labute approximate surface area is 155 Å². The lowest BCUT2D eigenvalue weighted by Crippen LogP contribution is -2.32. The zero-order valence-electron chi connectivity index (χ0n) is 14.5. The summed E-state index contributed by atoms with van der Waals surface area (Å²) in [4.78, 5) is 23.7. The van der Waals surface area contributed by atoms with Gasteiger partial charge in [-0.15, -0.1) is 0 Å². The lowest BCUT2D eigenvalue weighted by Gasteiger charge is -2.08. The number of ether oxygens (including phenoxy) is 2. The van der Waals surface area contributed by atoms with Gasteiger partial charge in [-0.3, -0.25) is 9.00 Å². The predicted molar refractivity (Wildman–Crippen MR) is 99.4 cm³/mol. The van der Waals surface area contributed by atoms with Crippen LogP contribution >= 0.6 is 0 Å². The lowest BCUT2D eigenvalue weighted by molar-refractivity contribution is -0.124. The molecule has 2 rings (SSSR count). The molecule has 0 aliphatic carbocycles. The summed E-state index contributed by atoms with van der Waals surface area (Å²) in [6.45, 7) is 0.261. The number of esters is 1. The van der Waals surface area contributed by atoms with Gasteiger partial charge in [-0.05, 0) is 29.8 Å². The average Bonchev–Trinajstić information content (AvgIpc) is 2.64. The molecule has 0 bridgehead atoms. The van der Waals surface area contributed by atoms with E-state index in [1.807, 2.05) is 30.3 Å². The summed E-state index contributed by atoms with van der Waals surface area (Å²) >= 11 is 0. The molecule has 0 saturated carbocycles. The Morgan fingerprint density at radius 2 is 1.85 bits per heavy atom. The van der Waals surface area contributed by atoms with E-state index in [9.17, 15) is 13.8 Å². The standard InChI is InChI=1S/C19H21NO5S/c1-26(23)14-15-6-5-7-16(12-15)19(22)25-13-18(21)20-10-11-24-17-8-3-2-4-9-17/h2-9,12H,10-11,13-14H2,1H3,(H,20,21). The minimum atomic E-state index is -0.996. The summed E-state index contributed by atoms with van der Waals surface area (Å²) in [6, 6.07) is 16.0. The van der Waals surface area contributed by atoms with Crippen molar-refractivity contribution >= 4 is 22.7 Å². The molecule has 138 valence electrons. The third-order valence-electron chi connectivity index (χ3n) is 3.30. The number of hydrogen-bond donors (Lipinski definition) is 1. The highest BCUT2D eigenvalue weighted by Gasteiger charge is 2.11. The molecule has 2 aromatic rings. The van der Waals surface area contributed by atoms with E-state index < -0.39 is 22.7 Å². The van der Waals surface area contributed by atoms with E-state index in [1.165, 1.54) is 0 Å². The normalized spacial score (nSPS) is 11.4. The first-order valence-electron chi connectivity index (χ1n) is 8.05. The van der Waals surface area contributed by atoms with Crippen LogP contribution in [0.1, 0.15) is 15.9 Å². The number of para-hydroxylation sites is 1. The Morgan fingerprint density at radius 3 is 2.58 bits per heavy atom. The van der Waals surface area contributed by atoms with Crippen LogP contribution in [0, 0.1) is 0 Å². The van der Waals surface area contributed by atoms with E-state index in [0.717, 1.165) is 11.3 Å². The lowest BCUT2D eigenvalue weighted by atomic mass is 10.1. The summed E-state index contributed by atoms with van der Waals surface area (Å²) in [5.41, 5.74) is 1.11. The molecule has 1 unspecified atom stereocenters. The van der Waals surface area contributed by atoms with Crippen LogP contribution in [0.4, 0.5) is 0 Å². The Hall–Kier alpha value is -2.67. The third-order valence-corrected chi connectivity index (χ3v) is 4.04. The van der Waals surface area contributed by atoms with Crippen LogP contribution in [0.2, 0.25) is 0 Å². The number of hydrogen-bond acceptors (Lipinski definition) is 5. The molecule has 26 heavy (non-hydrogen) atoms. The molecule has 0 fully saturated rings. The van der Waals surface area contributed by atoms with Gasteiger partial charge in [0.15, 0.2) is 6.61 Å². The average molecular weight is 375 g/mol. The summed E-state index contributed by atoms with van der Waals surface area (Å²) in [6.07, 6.45) is 1.59. The molecule has 0 aromatic heterocycles.